The van der Waals surface area contributed by atoms with Gasteiger partial charge in [0.05, 0.1) is 35.7 Å². The fourth-order valence-electron chi connectivity index (χ4n) is 6.98. The zero-order valence-electron chi connectivity index (χ0n) is 24.2. The van der Waals surface area contributed by atoms with Gasteiger partial charge in [-0.3, -0.25) is 14.4 Å². The number of amides is 2. The van der Waals surface area contributed by atoms with Crippen molar-refractivity contribution in [2.45, 2.75) is 83.8 Å². The Hall–Kier alpha value is -3.54. The Bertz CT molecular complexity index is 1270. The first-order valence-corrected chi connectivity index (χ1v) is 14.8. The zero-order valence-corrected chi connectivity index (χ0v) is 24.2. The second-order valence-corrected chi connectivity index (χ2v) is 13.0. The van der Waals surface area contributed by atoms with Crippen LogP contribution in [0, 0.1) is 39.9 Å². The molecule has 6 rings (SSSR count). The number of nitriles is 1. The van der Waals surface area contributed by atoms with E-state index in [9.17, 15) is 24.8 Å². The summed E-state index contributed by atoms with van der Waals surface area (Å²) >= 11 is 0. The second-order valence-electron chi connectivity index (χ2n) is 13.0. The van der Waals surface area contributed by atoms with E-state index in [2.05, 4.69) is 35.8 Å². The van der Waals surface area contributed by atoms with Gasteiger partial charge in [0.1, 0.15) is 17.6 Å². The van der Waals surface area contributed by atoms with Crippen molar-refractivity contribution in [3.05, 3.63) is 35.4 Å². The maximum absolute atomic E-state index is 13.8. The number of nitrogens with zero attached hydrogens (tertiary/aromatic N) is 1. The van der Waals surface area contributed by atoms with Gasteiger partial charge in [-0.05, 0) is 81.6 Å². The van der Waals surface area contributed by atoms with Crippen molar-refractivity contribution in [3.63, 3.8) is 0 Å². The van der Waals surface area contributed by atoms with E-state index >= 15 is 0 Å². The van der Waals surface area contributed by atoms with Gasteiger partial charge in [-0.15, -0.1) is 0 Å². The molecule has 41 heavy (non-hydrogen) atoms. The predicted molar refractivity (Wildman–Crippen MR) is 151 cm³/mol. The monoisotopic (exact) mass is 563 g/mol. The van der Waals surface area contributed by atoms with Gasteiger partial charge in [0.25, 0.3) is 5.91 Å². The summed E-state index contributed by atoms with van der Waals surface area (Å²) in [6.07, 6.45) is 11.3. The number of benzene rings is 1. The fourth-order valence-corrected chi connectivity index (χ4v) is 6.98. The number of carboxylic acids is 1. The summed E-state index contributed by atoms with van der Waals surface area (Å²) in [5.41, 5.74) is -0.144. The van der Waals surface area contributed by atoms with Crippen LogP contribution in [-0.4, -0.2) is 48.7 Å². The number of fused-ring (bicyclic) bond motifs is 2. The Morgan fingerprint density at radius 1 is 1.02 bits per heavy atom. The Morgan fingerprint density at radius 2 is 1.71 bits per heavy atom. The van der Waals surface area contributed by atoms with E-state index < -0.39 is 11.4 Å². The Kier molecular flexibility index (Phi) is 8.04. The van der Waals surface area contributed by atoms with Crippen LogP contribution in [0.15, 0.2) is 24.3 Å². The molecular weight excluding hydrogens is 522 g/mol. The molecule has 5 aliphatic carbocycles. The van der Waals surface area contributed by atoms with Crippen molar-refractivity contribution in [1.82, 2.24) is 10.6 Å². The molecule has 0 saturated heterocycles. The standard InChI is InChI=1S/C32H41N3O6/c1-31(11-4-12-31)18-34-29(37)26-19-5-7-20(8-6-19)27(26)35-28(36)23-16-24(21(17-33)15-25(23)40-3)41-22-9-13-32(2,14-10-22)30(38)39/h5,7,15-16,19-20,22,26-27H,4,6,8-14,18H2,1-3H3,(H,34,37)(H,35,36)(H,38,39). The first-order chi connectivity index (χ1) is 19.6. The lowest BCUT2D eigenvalue weighted by molar-refractivity contribution is -0.150. The quantitative estimate of drug-likeness (QED) is 0.374. The van der Waals surface area contributed by atoms with Crippen LogP contribution in [0.1, 0.15) is 87.6 Å². The molecule has 0 radical (unpaired) electrons. The van der Waals surface area contributed by atoms with Gasteiger partial charge in [0.15, 0.2) is 0 Å². The lowest BCUT2D eigenvalue weighted by atomic mass is 9.65. The average Bonchev–Trinajstić information content (AvgIpc) is 2.96. The number of nitrogens with one attached hydrogen (secondary N) is 2. The maximum atomic E-state index is 13.8. The Balaban J connectivity index is 1.33. The lowest BCUT2D eigenvalue weighted by Gasteiger charge is -2.45. The van der Waals surface area contributed by atoms with Gasteiger partial charge in [-0.2, -0.15) is 5.26 Å². The van der Waals surface area contributed by atoms with Gasteiger partial charge in [0.2, 0.25) is 5.91 Å². The smallest absolute Gasteiger partial charge is 0.309 e. The Labute approximate surface area is 241 Å². The number of aliphatic carboxylic acids is 1. The number of hydrogen-bond donors (Lipinski definition) is 3. The van der Waals surface area contributed by atoms with Crippen LogP contribution < -0.4 is 20.1 Å². The third-order valence-corrected chi connectivity index (χ3v) is 10.1. The molecule has 3 saturated carbocycles. The number of hydrogen-bond acceptors (Lipinski definition) is 6. The molecule has 9 nitrogen and oxygen atoms in total. The highest BCUT2D eigenvalue weighted by Crippen LogP contribution is 2.43. The van der Waals surface area contributed by atoms with Gasteiger partial charge < -0.3 is 25.2 Å². The first kappa shape index (κ1) is 29.0. The highest BCUT2D eigenvalue weighted by Gasteiger charge is 2.46. The molecule has 0 spiro atoms. The minimum Gasteiger partial charge on any atom is -0.496 e. The van der Waals surface area contributed by atoms with Gasteiger partial charge in [-0.25, -0.2) is 0 Å². The lowest BCUT2D eigenvalue weighted by Crippen LogP contribution is -2.57. The van der Waals surface area contributed by atoms with Crippen molar-refractivity contribution >= 4 is 17.8 Å². The molecule has 0 aromatic heterocycles. The molecule has 1 aromatic rings. The average molecular weight is 564 g/mol. The topological polar surface area (TPSA) is 138 Å². The highest BCUT2D eigenvalue weighted by atomic mass is 16.5. The summed E-state index contributed by atoms with van der Waals surface area (Å²) < 4.78 is 11.7. The molecule has 1 aromatic carbocycles. The number of carbonyl (C=O) groups is 3. The minimum absolute atomic E-state index is 0.0102. The van der Waals surface area contributed by atoms with Gasteiger partial charge >= 0.3 is 5.97 Å². The van der Waals surface area contributed by atoms with Gasteiger partial charge in [-0.1, -0.05) is 25.5 Å². The molecule has 9 heteroatoms. The molecule has 4 unspecified atom stereocenters. The number of ether oxygens (including phenoxy) is 2. The number of methoxy groups -OCH3 is 1. The molecule has 0 aliphatic heterocycles. The van der Waals surface area contributed by atoms with Crippen LogP contribution in [0.5, 0.6) is 11.5 Å². The van der Waals surface area contributed by atoms with E-state index in [0.29, 0.717) is 32.2 Å². The SMILES string of the molecule is COc1cc(C#N)c(OC2CCC(C)(C(=O)O)CC2)cc1C(=O)NC1C2C=CC(CC2)C1C(=O)NCC1(C)CCC1. The predicted octanol–water partition coefficient (Wildman–Crippen LogP) is 4.60. The van der Waals surface area contributed by atoms with Crippen molar-refractivity contribution in [3.8, 4) is 17.6 Å². The van der Waals surface area contributed by atoms with Crippen molar-refractivity contribution < 1.29 is 29.0 Å². The molecule has 4 atom stereocenters. The van der Waals surface area contributed by atoms with E-state index in [-0.39, 0.29) is 69.8 Å². The van der Waals surface area contributed by atoms with Crippen LogP contribution in [0.3, 0.4) is 0 Å². The summed E-state index contributed by atoms with van der Waals surface area (Å²) in [5, 5.41) is 25.7. The third kappa shape index (κ3) is 5.79. The van der Waals surface area contributed by atoms with Crippen LogP contribution in [0.4, 0.5) is 0 Å². The van der Waals surface area contributed by atoms with Crippen molar-refractivity contribution in [1.29, 1.82) is 5.26 Å². The number of rotatable bonds is 9. The van der Waals surface area contributed by atoms with Crippen molar-refractivity contribution in [2.75, 3.05) is 13.7 Å². The summed E-state index contributed by atoms with van der Waals surface area (Å²) in [7, 11) is 1.45. The molecule has 3 N–H and O–H groups in total. The Morgan fingerprint density at radius 3 is 2.27 bits per heavy atom. The molecule has 2 bridgehead atoms. The van der Waals surface area contributed by atoms with E-state index in [4.69, 9.17) is 9.47 Å². The normalized spacial score (nSPS) is 31.3. The van der Waals surface area contributed by atoms with Crippen LogP contribution in [0.2, 0.25) is 0 Å². The summed E-state index contributed by atoms with van der Waals surface area (Å²) in [6.45, 7) is 4.61. The molecule has 3 fully saturated rings. The van der Waals surface area contributed by atoms with E-state index in [1.54, 1.807) is 13.0 Å². The molecule has 220 valence electrons. The largest absolute Gasteiger partial charge is 0.496 e. The van der Waals surface area contributed by atoms with Gasteiger partial charge in [0, 0.05) is 18.7 Å². The van der Waals surface area contributed by atoms with Crippen molar-refractivity contribution in [2.24, 2.45) is 28.6 Å². The maximum Gasteiger partial charge on any atom is 0.309 e. The minimum atomic E-state index is -0.812. The molecular formula is C32H41N3O6. The summed E-state index contributed by atoms with van der Waals surface area (Å²) in [6, 6.07) is 4.83. The van der Waals surface area contributed by atoms with Crippen LogP contribution >= 0.6 is 0 Å². The molecule has 2 amide bonds. The van der Waals surface area contributed by atoms with Crippen LogP contribution in [-0.2, 0) is 9.59 Å². The number of carbonyl (C=O) groups excluding carboxylic acids is 2. The molecule has 5 aliphatic rings. The molecule has 0 heterocycles. The zero-order chi connectivity index (χ0) is 29.4. The van der Waals surface area contributed by atoms with E-state index in [1.165, 1.54) is 19.6 Å². The second kappa shape index (κ2) is 11.4. The first-order valence-electron chi connectivity index (χ1n) is 14.8. The summed E-state index contributed by atoms with van der Waals surface area (Å²) in [4.78, 5) is 38.9. The number of allylic oxidation sites excluding steroid dienone is 1. The fraction of sp³-hybridized carbons (Fsp3) is 0.625. The highest BCUT2D eigenvalue weighted by molar-refractivity contribution is 5.98. The van der Waals surface area contributed by atoms with E-state index in [0.717, 1.165) is 25.7 Å². The van der Waals surface area contributed by atoms with Crippen LogP contribution in [0.25, 0.3) is 0 Å². The van der Waals surface area contributed by atoms with E-state index in [1.807, 2.05) is 0 Å². The summed E-state index contributed by atoms with van der Waals surface area (Å²) in [5.74, 6) is -0.893. The number of carboxylic acid groups (broad SMARTS) is 1. The third-order valence-electron chi connectivity index (χ3n) is 10.1.